The predicted molar refractivity (Wildman–Crippen MR) is 130 cm³/mol. The van der Waals surface area contributed by atoms with Crippen molar-refractivity contribution in [3.05, 3.63) is 66.9 Å². The Hall–Kier alpha value is -3.46. The summed E-state index contributed by atoms with van der Waals surface area (Å²) in [5.41, 5.74) is 4.37. The van der Waals surface area contributed by atoms with E-state index in [-0.39, 0.29) is 12.3 Å². The van der Waals surface area contributed by atoms with Gasteiger partial charge in [-0.25, -0.2) is 12.8 Å². The summed E-state index contributed by atoms with van der Waals surface area (Å²) < 4.78 is 38.3. The standard InChI is InChI=1S/C23H22FN5O2S.CH4/c1-32(30,31)18-3-4-20(24)23(13-18)29-10-8-28(9-11-29)22-6-7-25-21-5-2-16(12-19(21)22)17-14-26-27-15-17;/h2-7,12-15H,8-11H2,1H3,(H,26,27);1H4. The van der Waals surface area contributed by atoms with Gasteiger partial charge in [-0.15, -0.1) is 0 Å². The number of hydrogen-bond acceptors (Lipinski definition) is 6. The number of piperazine rings is 1. The van der Waals surface area contributed by atoms with E-state index in [0.29, 0.717) is 31.9 Å². The number of aromatic amines is 1. The van der Waals surface area contributed by atoms with Crippen LogP contribution in [0.4, 0.5) is 15.8 Å². The molecule has 0 saturated carbocycles. The van der Waals surface area contributed by atoms with Gasteiger partial charge in [-0.05, 0) is 42.0 Å². The van der Waals surface area contributed by atoms with Gasteiger partial charge in [0.15, 0.2) is 9.84 Å². The second-order valence-electron chi connectivity index (χ2n) is 7.91. The number of sulfone groups is 1. The number of anilines is 2. The molecule has 172 valence electrons. The quantitative estimate of drug-likeness (QED) is 0.455. The summed E-state index contributed by atoms with van der Waals surface area (Å²) in [7, 11) is -3.40. The van der Waals surface area contributed by atoms with Crippen LogP contribution in [0.1, 0.15) is 7.43 Å². The number of H-pyrrole nitrogens is 1. The Morgan fingerprint density at radius 3 is 2.33 bits per heavy atom. The first-order valence-corrected chi connectivity index (χ1v) is 12.2. The fourth-order valence-electron chi connectivity index (χ4n) is 4.15. The third kappa shape index (κ3) is 4.41. The maximum Gasteiger partial charge on any atom is 0.175 e. The monoisotopic (exact) mass is 467 g/mol. The van der Waals surface area contributed by atoms with Gasteiger partial charge >= 0.3 is 0 Å². The average Bonchev–Trinajstić information content (AvgIpc) is 3.33. The van der Waals surface area contributed by atoms with E-state index in [0.717, 1.165) is 34.0 Å². The number of benzene rings is 2. The molecule has 0 bridgehead atoms. The summed E-state index contributed by atoms with van der Waals surface area (Å²) in [5, 5.41) is 7.92. The van der Waals surface area contributed by atoms with Crippen molar-refractivity contribution in [2.45, 2.75) is 12.3 Å². The van der Waals surface area contributed by atoms with Crippen LogP contribution in [0.25, 0.3) is 22.0 Å². The molecule has 0 radical (unpaired) electrons. The average molecular weight is 468 g/mol. The Balaban J connectivity index is 0.00000259. The summed E-state index contributed by atoms with van der Waals surface area (Å²) in [6, 6.07) is 12.1. The minimum Gasteiger partial charge on any atom is -0.367 e. The molecule has 4 aromatic rings. The highest BCUT2D eigenvalue weighted by atomic mass is 32.2. The zero-order valence-electron chi connectivity index (χ0n) is 17.5. The molecule has 2 aromatic carbocycles. The maximum absolute atomic E-state index is 14.5. The van der Waals surface area contributed by atoms with Crippen molar-refractivity contribution in [2.75, 3.05) is 42.2 Å². The van der Waals surface area contributed by atoms with E-state index in [9.17, 15) is 12.8 Å². The molecule has 5 rings (SSSR count). The van der Waals surface area contributed by atoms with Crippen LogP contribution in [0.5, 0.6) is 0 Å². The number of nitrogens with one attached hydrogen (secondary N) is 1. The molecule has 7 nitrogen and oxygen atoms in total. The SMILES string of the molecule is C.CS(=O)(=O)c1ccc(F)c(N2CCN(c3ccnc4ccc(-c5cn[nH]c5)cc34)CC2)c1. The van der Waals surface area contributed by atoms with E-state index >= 15 is 0 Å². The van der Waals surface area contributed by atoms with Gasteiger partial charge in [-0.3, -0.25) is 10.1 Å². The molecule has 0 amide bonds. The van der Waals surface area contributed by atoms with Crippen LogP contribution in [-0.2, 0) is 9.84 Å². The third-order valence-electron chi connectivity index (χ3n) is 5.86. The summed E-state index contributed by atoms with van der Waals surface area (Å²) >= 11 is 0. The van der Waals surface area contributed by atoms with Crippen molar-refractivity contribution in [2.24, 2.45) is 0 Å². The van der Waals surface area contributed by atoms with E-state index < -0.39 is 15.7 Å². The molecule has 0 aliphatic carbocycles. The molecule has 2 aromatic heterocycles. The van der Waals surface area contributed by atoms with Crippen molar-refractivity contribution < 1.29 is 12.8 Å². The van der Waals surface area contributed by atoms with Gasteiger partial charge < -0.3 is 9.80 Å². The summed E-state index contributed by atoms with van der Waals surface area (Å²) in [6.45, 7) is 2.51. The zero-order valence-corrected chi connectivity index (χ0v) is 18.3. The second-order valence-corrected chi connectivity index (χ2v) is 9.92. The first-order valence-electron chi connectivity index (χ1n) is 10.3. The zero-order chi connectivity index (χ0) is 22.3. The van der Waals surface area contributed by atoms with Crippen molar-refractivity contribution >= 4 is 32.1 Å². The normalized spacial score (nSPS) is 14.4. The molecule has 3 heterocycles. The van der Waals surface area contributed by atoms with Crippen LogP contribution in [0, 0.1) is 5.82 Å². The first-order chi connectivity index (χ1) is 15.4. The van der Waals surface area contributed by atoms with Crippen molar-refractivity contribution in [3.8, 4) is 11.1 Å². The van der Waals surface area contributed by atoms with Crippen LogP contribution >= 0.6 is 0 Å². The predicted octanol–water partition coefficient (Wildman–Crippen LogP) is 4.13. The lowest BCUT2D eigenvalue weighted by atomic mass is 10.0. The van der Waals surface area contributed by atoms with Gasteiger partial charge in [0.05, 0.1) is 22.3 Å². The molecule has 1 N–H and O–H groups in total. The minimum atomic E-state index is -3.40. The van der Waals surface area contributed by atoms with Crippen molar-refractivity contribution in [3.63, 3.8) is 0 Å². The fraction of sp³-hybridized carbons (Fsp3) is 0.250. The van der Waals surface area contributed by atoms with Gasteiger partial charge in [0.1, 0.15) is 5.82 Å². The molecule has 0 atom stereocenters. The molecule has 33 heavy (non-hydrogen) atoms. The first kappa shape index (κ1) is 22.7. The lowest BCUT2D eigenvalue weighted by molar-refractivity contribution is 0.592. The fourth-order valence-corrected chi connectivity index (χ4v) is 4.79. The molecule has 1 aliphatic heterocycles. The molecule has 1 fully saturated rings. The van der Waals surface area contributed by atoms with Gasteiger partial charge in [0, 0.05) is 61.5 Å². The summed E-state index contributed by atoms with van der Waals surface area (Å²) in [4.78, 5) is 8.79. The minimum absolute atomic E-state index is 0. The van der Waals surface area contributed by atoms with E-state index in [4.69, 9.17) is 0 Å². The third-order valence-corrected chi connectivity index (χ3v) is 6.97. The highest BCUT2D eigenvalue weighted by Crippen LogP contribution is 2.31. The Morgan fingerprint density at radius 2 is 1.67 bits per heavy atom. The Kier molecular flexibility index (Phi) is 6.07. The smallest absolute Gasteiger partial charge is 0.175 e. The highest BCUT2D eigenvalue weighted by molar-refractivity contribution is 7.90. The van der Waals surface area contributed by atoms with E-state index in [1.165, 1.54) is 18.2 Å². The molecule has 0 unspecified atom stereocenters. The molecule has 9 heteroatoms. The largest absolute Gasteiger partial charge is 0.367 e. The molecule has 1 saturated heterocycles. The Labute approximate surface area is 192 Å². The lowest BCUT2D eigenvalue weighted by Crippen LogP contribution is -2.47. The Morgan fingerprint density at radius 1 is 0.939 bits per heavy atom. The highest BCUT2D eigenvalue weighted by Gasteiger charge is 2.22. The molecule has 0 spiro atoms. The topological polar surface area (TPSA) is 82.2 Å². The van der Waals surface area contributed by atoms with Crippen LogP contribution in [0.2, 0.25) is 0 Å². The number of pyridine rings is 1. The van der Waals surface area contributed by atoms with Crippen molar-refractivity contribution in [1.29, 1.82) is 0 Å². The van der Waals surface area contributed by atoms with Crippen LogP contribution in [-0.4, -0.2) is 56.0 Å². The summed E-state index contributed by atoms with van der Waals surface area (Å²) in [6.07, 6.45) is 6.58. The number of aromatic nitrogens is 3. The maximum atomic E-state index is 14.5. The van der Waals surface area contributed by atoms with E-state index in [2.05, 4.69) is 26.1 Å². The van der Waals surface area contributed by atoms with Gasteiger partial charge in [-0.1, -0.05) is 13.5 Å². The number of nitrogens with zero attached hydrogens (tertiary/aromatic N) is 4. The molecule has 1 aliphatic rings. The molecular formula is C24H26FN5O2S. The number of hydrogen-bond donors (Lipinski definition) is 1. The molecular weight excluding hydrogens is 441 g/mol. The second kappa shape index (κ2) is 8.82. The number of rotatable bonds is 4. The lowest BCUT2D eigenvalue weighted by Gasteiger charge is -2.38. The summed E-state index contributed by atoms with van der Waals surface area (Å²) in [5.74, 6) is -0.412. The van der Waals surface area contributed by atoms with E-state index in [1.807, 2.05) is 29.3 Å². The van der Waals surface area contributed by atoms with Crippen LogP contribution in [0.3, 0.4) is 0 Å². The van der Waals surface area contributed by atoms with Gasteiger partial charge in [0.2, 0.25) is 0 Å². The Bertz CT molecular complexity index is 1380. The van der Waals surface area contributed by atoms with Gasteiger partial charge in [0.25, 0.3) is 0 Å². The van der Waals surface area contributed by atoms with Crippen LogP contribution < -0.4 is 9.80 Å². The van der Waals surface area contributed by atoms with Crippen molar-refractivity contribution in [1.82, 2.24) is 15.2 Å². The van der Waals surface area contributed by atoms with Gasteiger partial charge in [-0.2, -0.15) is 5.10 Å². The number of fused-ring (bicyclic) bond motifs is 1. The van der Waals surface area contributed by atoms with Crippen LogP contribution in [0.15, 0.2) is 66.0 Å². The number of halogens is 1. The van der Waals surface area contributed by atoms with E-state index in [1.54, 1.807) is 12.4 Å².